The molecule has 0 aliphatic heterocycles. The molecule has 3 nitrogen and oxygen atoms in total. The third-order valence-corrected chi connectivity index (χ3v) is 4.15. The highest BCUT2D eigenvalue weighted by molar-refractivity contribution is 9.10. The average molecular weight is 314 g/mol. The van der Waals surface area contributed by atoms with Crippen molar-refractivity contribution in [2.75, 3.05) is 6.61 Å². The molecule has 1 aromatic carbocycles. The Bertz CT molecular complexity index is 434. The zero-order valence-corrected chi connectivity index (χ0v) is 12.7. The van der Waals surface area contributed by atoms with Crippen LogP contribution in [0.2, 0.25) is 0 Å². The van der Waals surface area contributed by atoms with Crippen molar-refractivity contribution in [2.24, 2.45) is 0 Å². The van der Waals surface area contributed by atoms with Crippen molar-refractivity contribution in [1.29, 1.82) is 0 Å². The van der Waals surface area contributed by atoms with Gasteiger partial charge in [0.05, 0.1) is 0 Å². The lowest BCUT2D eigenvalue weighted by Gasteiger charge is -2.29. The van der Waals surface area contributed by atoms with Crippen LogP contribution in [-0.2, 0) is 0 Å². The van der Waals surface area contributed by atoms with Gasteiger partial charge in [-0.25, -0.2) is 0 Å². The molecule has 0 saturated heterocycles. The van der Waals surface area contributed by atoms with Crippen LogP contribution < -0.4 is 5.32 Å². The molecule has 1 unspecified atom stereocenters. The maximum atomic E-state index is 12.1. The van der Waals surface area contributed by atoms with Crippen LogP contribution in [0.25, 0.3) is 0 Å². The van der Waals surface area contributed by atoms with Crippen LogP contribution in [0.4, 0.5) is 0 Å². The summed E-state index contributed by atoms with van der Waals surface area (Å²) in [5, 5.41) is 12.0. The largest absolute Gasteiger partial charge is 0.396 e. The van der Waals surface area contributed by atoms with Gasteiger partial charge in [0, 0.05) is 22.2 Å². The van der Waals surface area contributed by atoms with E-state index in [1.54, 1.807) is 0 Å². The number of aryl methyl sites for hydroxylation is 1. The highest BCUT2D eigenvalue weighted by Crippen LogP contribution is 2.19. The summed E-state index contributed by atoms with van der Waals surface area (Å²) in [6.07, 6.45) is 1.34. The van der Waals surface area contributed by atoms with Crippen molar-refractivity contribution in [3.8, 4) is 0 Å². The summed E-state index contributed by atoms with van der Waals surface area (Å²) in [5.41, 5.74) is 1.37. The molecule has 0 aliphatic carbocycles. The van der Waals surface area contributed by atoms with Crippen molar-refractivity contribution in [1.82, 2.24) is 5.32 Å². The second-order valence-electron chi connectivity index (χ2n) is 4.81. The van der Waals surface area contributed by atoms with Gasteiger partial charge >= 0.3 is 0 Å². The summed E-state index contributed by atoms with van der Waals surface area (Å²) in [4.78, 5) is 12.1. The number of aliphatic hydroxyl groups is 1. The van der Waals surface area contributed by atoms with Crippen LogP contribution in [0.1, 0.15) is 42.6 Å². The number of benzene rings is 1. The van der Waals surface area contributed by atoms with Crippen molar-refractivity contribution in [2.45, 2.75) is 39.2 Å². The van der Waals surface area contributed by atoms with Gasteiger partial charge in [0.25, 0.3) is 5.91 Å². The third kappa shape index (κ3) is 3.82. The van der Waals surface area contributed by atoms with Gasteiger partial charge in [-0.3, -0.25) is 4.79 Å². The van der Waals surface area contributed by atoms with E-state index in [4.69, 9.17) is 5.11 Å². The summed E-state index contributed by atoms with van der Waals surface area (Å²) < 4.78 is 0.926. The van der Waals surface area contributed by atoms with Gasteiger partial charge in [-0.15, -0.1) is 0 Å². The summed E-state index contributed by atoms with van der Waals surface area (Å²) in [6.45, 7) is 6.00. The van der Waals surface area contributed by atoms with Crippen LogP contribution in [-0.4, -0.2) is 23.2 Å². The number of carbonyl (C=O) groups excluding carboxylic acids is 1. The Balaban J connectivity index is 2.84. The minimum absolute atomic E-state index is 0.0716. The molecule has 0 bridgehead atoms. The van der Waals surface area contributed by atoms with Gasteiger partial charge in [-0.05, 0) is 44.4 Å². The zero-order chi connectivity index (χ0) is 13.8. The first-order chi connectivity index (χ1) is 8.41. The van der Waals surface area contributed by atoms with Crippen LogP contribution in [0.15, 0.2) is 22.7 Å². The maximum absolute atomic E-state index is 12.1. The van der Waals surface area contributed by atoms with E-state index in [0.29, 0.717) is 12.0 Å². The van der Waals surface area contributed by atoms with E-state index >= 15 is 0 Å². The number of hydrogen-bond acceptors (Lipinski definition) is 2. The van der Waals surface area contributed by atoms with Gasteiger partial charge in [-0.2, -0.15) is 0 Å². The highest BCUT2D eigenvalue weighted by Gasteiger charge is 2.24. The molecule has 18 heavy (non-hydrogen) atoms. The number of amides is 1. The first-order valence-corrected chi connectivity index (χ1v) is 6.90. The van der Waals surface area contributed by atoms with E-state index in [1.807, 2.05) is 39.0 Å². The molecular weight excluding hydrogens is 294 g/mol. The van der Waals surface area contributed by atoms with Crippen LogP contribution in [0.3, 0.4) is 0 Å². The smallest absolute Gasteiger partial charge is 0.251 e. The first kappa shape index (κ1) is 15.2. The third-order valence-electron chi connectivity index (χ3n) is 3.29. The second-order valence-corrected chi connectivity index (χ2v) is 5.66. The number of halogens is 1. The fraction of sp³-hybridized carbons (Fsp3) is 0.500. The Morgan fingerprint density at radius 3 is 2.67 bits per heavy atom. The molecule has 1 amide bonds. The summed E-state index contributed by atoms with van der Waals surface area (Å²) in [5.74, 6) is -0.103. The monoisotopic (exact) mass is 313 g/mol. The van der Waals surface area contributed by atoms with Gasteiger partial charge in [0.2, 0.25) is 0 Å². The molecule has 0 saturated carbocycles. The van der Waals surface area contributed by atoms with Crippen molar-refractivity contribution < 1.29 is 9.90 Å². The standard InChI is InChI=1S/C14H20BrNO2/c1-4-14(3,7-8-17)16-13(18)11-6-5-10(2)12(15)9-11/h5-6,9,17H,4,7-8H2,1-3H3,(H,16,18). The van der Waals surface area contributed by atoms with E-state index in [0.717, 1.165) is 16.5 Å². The normalized spacial score (nSPS) is 14.1. The average Bonchev–Trinajstić information content (AvgIpc) is 2.32. The molecule has 100 valence electrons. The van der Waals surface area contributed by atoms with E-state index in [-0.39, 0.29) is 18.1 Å². The van der Waals surface area contributed by atoms with Gasteiger partial charge in [0.15, 0.2) is 0 Å². The lowest BCUT2D eigenvalue weighted by atomic mass is 9.94. The van der Waals surface area contributed by atoms with Gasteiger partial charge < -0.3 is 10.4 Å². The molecule has 0 aliphatic rings. The summed E-state index contributed by atoms with van der Waals surface area (Å²) >= 11 is 3.42. The van der Waals surface area contributed by atoms with Crippen LogP contribution in [0, 0.1) is 6.92 Å². The summed E-state index contributed by atoms with van der Waals surface area (Å²) in [7, 11) is 0. The van der Waals surface area contributed by atoms with Crippen LogP contribution in [0.5, 0.6) is 0 Å². The van der Waals surface area contributed by atoms with E-state index in [9.17, 15) is 4.79 Å². The molecule has 0 aromatic heterocycles. The molecular formula is C14H20BrNO2. The number of aliphatic hydroxyl groups excluding tert-OH is 1. The Labute approximate surface area is 117 Å². The molecule has 0 heterocycles. The van der Waals surface area contributed by atoms with Crippen LogP contribution >= 0.6 is 15.9 Å². The number of hydrogen-bond donors (Lipinski definition) is 2. The summed E-state index contributed by atoms with van der Waals surface area (Å²) in [6, 6.07) is 5.54. The Kier molecular flexibility index (Phi) is 5.35. The minimum Gasteiger partial charge on any atom is -0.396 e. The molecule has 0 fully saturated rings. The molecule has 1 aromatic rings. The molecule has 0 spiro atoms. The molecule has 1 rings (SSSR count). The van der Waals surface area contributed by atoms with Crippen molar-refractivity contribution in [3.05, 3.63) is 33.8 Å². The quantitative estimate of drug-likeness (QED) is 0.877. The highest BCUT2D eigenvalue weighted by atomic mass is 79.9. The molecule has 0 radical (unpaired) electrons. The molecule has 4 heteroatoms. The topological polar surface area (TPSA) is 49.3 Å². The Morgan fingerprint density at radius 1 is 1.50 bits per heavy atom. The Hall–Kier alpha value is -0.870. The minimum atomic E-state index is -0.358. The number of carbonyl (C=O) groups is 1. The van der Waals surface area contributed by atoms with Gasteiger partial charge in [-0.1, -0.05) is 28.9 Å². The lowest BCUT2D eigenvalue weighted by Crippen LogP contribution is -2.46. The fourth-order valence-electron chi connectivity index (χ4n) is 1.65. The fourth-order valence-corrected chi connectivity index (χ4v) is 2.03. The second kappa shape index (κ2) is 6.34. The molecule has 1 atom stereocenters. The number of rotatable bonds is 5. The SMILES string of the molecule is CCC(C)(CCO)NC(=O)c1ccc(C)c(Br)c1. The lowest BCUT2D eigenvalue weighted by molar-refractivity contribution is 0.0886. The van der Waals surface area contributed by atoms with E-state index < -0.39 is 0 Å². The number of nitrogens with one attached hydrogen (secondary N) is 1. The Morgan fingerprint density at radius 2 is 2.17 bits per heavy atom. The predicted molar refractivity (Wildman–Crippen MR) is 76.7 cm³/mol. The maximum Gasteiger partial charge on any atom is 0.251 e. The van der Waals surface area contributed by atoms with Crippen molar-refractivity contribution in [3.63, 3.8) is 0 Å². The first-order valence-electron chi connectivity index (χ1n) is 6.11. The zero-order valence-electron chi connectivity index (χ0n) is 11.1. The van der Waals surface area contributed by atoms with Gasteiger partial charge in [0.1, 0.15) is 0 Å². The predicted octanol–water partition coefficient (Wildman–Crippen LogP) is 3.04. The molecule has 2 N–H and O–H groups in total. The van der Waals surface area contributed by atoms with E-state index in [1.165, 1.54) is 0 Å². The van der Waals surface area contributed by atoms with E-state index in [2.05, 4.69) is 21.2 Å². The van der Waals surface area contributed by atoms with Crippen molar-refractivity contribution >= 4 is 21.8 Å².